The van der Waals surface area contributed by atoms with Gasteiger partial charge in [0.05, 0.1) is 17.6 Å². The molecular weight excluding hydrogens is 364 g/mol. The Bertz CT molecular complexity index is 1090. The van der Waals surface area contributed by atoms with Crippen LogP contribution >= 0.6 is 0 Å². The summed E-state index contributed by atoms with van der Waals surface area (Å²) < 4.78 is 28.1. The molecular formula is C20H22N2O4S. The third-order valence-corrected chi connectivity index (χ3v) is 5.27. The van der Waals surface area contributed by atoms with Crippen molar-refractivity contribution < 1.29 is 17.6 Å². The Morgan fingerprint density at radius 3 is 2.37 bits per heavy atom. The number of nitrogens with two attached hydrogens (primary N) is 1. The highest BCUT2D eigenvalue weighted by atomic mass is 32.2. The fourth-order valence-corrected chi connectivity index (χ4v) is 3.31. The average Bonchev–Trinajstić information content (AvgIpc) is 2.96. The van der Waals surface area contributed by atoms with E-state index in [1.807, 2.05) is 12.1 Å². The highest BCUT2D eigenvalue weighted by molar-refractivity contribution is 7.89. The molecule has 0 atom stereocenters. The number of rotatable bonds is 4. The quantitative estimate of drug-likeness (QED) is 0.715. The van der Waals surface area contributed by atoms with Crippen molar-refractivity contribution in [1.29, 1.82) is 0 Å². The van der Waals surface area contributed by atoms with E-state index in [1.165, 1.54) is 24.3 Å². The molecule has 7 heteroatoms. The molecule has 2 aromatic carbocycles. The summed E-state index contributed by atoms with van der Waals surface area (Å²) in [6, 6.07) is 11.7. The fraction of sp³-hybridized carbons (Fsp3) is 0.250. The number of primary sulfonamides is 1. The largest absolute Gasteiger partial charge is 0.464 e. The van der Waals surface area contributed by atoms with Gasteiger partial charge in [-0.25, -0.2) is 13.6 Å². The monoisotopic (exact) mass is 386 g/mol. The number of fused-ring (bicyclic) bond motifs is 1. The van der Waals surface area contributed by atoms with Crippen molar-refractivity contribution in [3.63, 3.8) is 0 Å². The van der Waals surface area contributed by atoms with Crippen molar-refractivity contribution in [3.8, 4) is 0 Å². The third-order valence-electron chi connectivity index (χ3n) is 4.34. The molecule has 3 rings (SSSR count). The summed E-state index contributed by atoms with van der Waals surface area (Å²) in [6.07, 6.45) is 1.75. The van der Waals surface area contributed by atoms with Gasteiger partial charge in [-0.3, -0.25) is 4.79 Å². The van der Waals surface area contributed by atoms with Gasteiger partial charge >= 0.3 is 0 Å². The zero-order valence-electron chi connectivity index (χ0n) is 15.4. The molecule has 1 aromatic heterocycles. The third kappa shape index (κ3) is 4.37. The summed E-state index contributed by atoms with van der Waals surface area (Å²) in [5.41, 5.74) is 3.20. The van der Waals surface area contributed by atoms with Gasteiger partial charge in [0, 0.05) is 16.6 Å². The van der Waals surface area contributed by atoms with E-state index in [0.717, 1.165) is 22.1 Å². The molecule has 0 radical (unpaired) electrons. The molecule has 142 valence electrons. The maximum atomic E-state index is 12.4. The van der Waals surface area contributed by atoms with E-state index in [-0.39, 0.29) is 22.6 Å². The second-order valence-corrected chi connectivity index (χ2v) is 9.08. The van der Waals surface area contributed by atoms with Gasteiger partial charge in [0.25, 0.3) is 0 Å². The number of anilines is 1. The first-order valence-corrected chi connectivity index (χ1v) is 10.0. The second kappa shape index (κ2) is 6.83. The van der Waals surface area contributed by atoms with E-state index in [9.17, 15) is 13.2 Å². The molecule has 1 heterocycles. The van der Waals surface area contributed by atoms with E-state index in [0.29, 0.717) is 5.69 Å². The Morgan fingerprint density at radius 2 is 1.78 bits per heavy atom. The summed E-state index contributed by atoms with van der Waals surface area (Å²) in [6.45, 7) is 6.39. The Balaban J connectivity index is 1.78. The lowest BCUT2D eigenvalue weighted by molar-refractivity contribution is -0.115. The number of nitrogens with one attached hydrogen (secondary N) is 1. The molecule has 27 heavy (non-hydrogen) atoms. The van der Waals surface area contributed by atoms with Crippen LogP contribution in [0.25, 0.3) is 11.0 Å². The minimum Gasteiger partial charge on any atom is -0.464 e. The van der Waals surface area contributed by atoms with Crippen LogP contribution in [0.1, 0.15) is 31.9 Å². The van der Waals surface area contributed by atoms with Gasteiger partial charge in [0.15, 0.2) is 0 Å². The molecule has 0 spiro atoms. The van der Waals surface area contributed by atoms with E-state index in [2.05, 4.69) is 32.2 Å². The average molecular weight is 386 g/mol. The Morgan fingerprint density at radius 1 is 1.11 bits per heavy atom. The van der Waals surface area contributed by atoms with Crippen LogP contribution in [0.4, 0.5) is 5.69 Å². The summed E-state index contributed by atoms with van der Waals surface area (Å²) in [4.78, 5) is 12.4. The van der Waals surface area contributed by atoms with Gasteiger partial charge in [-0.05, 0) is 47.4 Å². The van der Waals surface area contributed by atoms with Crippen LogP contribution in [0.3, 0.4) is 0 Å². The number of furan rings is 1. The predicted octanol–water partition coefficient (Wildman–Crippen LogP) is 3.56. The minimum absolute atomic E-state index is 0.00367. The zero-order valence-corrected chi connectivity index (χ0v) is 16.3. The lowest BCUT2D eigenvalue weighted by Crippen LogP contribution is -2.15. The molecule has 0 aliphatic rings. The van der Waals surface area contributed by atoms with E-state index < -0.39 is 10.0 Å². The SMILES string of the molecule is CC(C)(C)c1ccc2occ(CC(=O)Nc3ccc(S(N)(=O)=O)cc3)c2c1. The molecule has 0 saturated carbocycles. The Kier molecular flexibility index (Phi) is 4.84. The normalized spacial score (nSPS) is 12.3. The first-order valence-electron chi connectivity index (χ1n) is 8.47. The lowest BCUT2D eigenvalue weighted by atomic mass is 9.86. The molecule has 0 fully saturated rings. The number of hydrogen-bond acceptors (Lipinski definition) is 4. The van der Waals surface area contributed by atoms with Crippen LogP contribution in [0.5, 0.6) is 0 Å². The highest BCUT2D eigenvalue weighted by Crippen LogP contribution is 2.29. The minimum atomic E-state index is -3.75. The molecule has 3 N–H and O–H groups in total. The highest BCUT2D eigenvalue weighted by Gasteiger charge is 2.17. The molecule has 0 aliphatic carbocycles. The zero-order chi connectivity index (χ0) is 19.8. The van der Waals surface area contributed by atoms with Crippen molar-refractivity contribution in [2.45, 2.75) is 37.5 Å². The van der Waals surface area contributed by atoms with E-state index >= 15 is 0 Å². The fourth-order valence-electron chi connectivity index (χ4n) is 2.79. The molecule has 0 unspecified atom stereocenters. The number of benzene rings is 2. The van der Waals surface area contributed by atoms with Crippen molar-refractivity contribution in [2.75, 3.05) is 5.32 Å². The van der Waals surface area contributed by atoms with Crippen molar-refractivity contribution in [2.24, 2.45) is 5.14 Å². The van der Waals surface area contributed by atoms with Gasteiger partial charge in [0.1, 0.15) is 5.58 Å². The maximum absolute atomic E-state index is 12.4. The van der Waals surface area contributed by atoms with Gasteiger partial charge < -0.3 is 9.73 Å². The summed E-state index contributed by atoms with van der Waals surface area (Å²) in [5.74, 6) is -0.220. The topological polar surface area (TPSA) is 102 Å². The molecule has 1 amide bonds. The predicted molar refractivity (Wildman–Crippen MR) is 105 cm³/mol. The number of hydrogen-bond donors (Lipinski definition) is 2. The van der Waals surface area contributed by atoms with Crippen LogP contribution in [-0.2, 0) is 26.7 Å². The van der Waals surface area contributed by atoms with Gasteiger partial charge in [0.2, 0.25) is 15.9 Å². The lowest BCUT2D eigenvalue weighted by Gasteiger charge is -2.18. The van der Waals surface area contributed by atoms with Gasteiger partial charge in [-0.1, -0.05) is 26.8 Å². The summed E-state index contributed by atoms with van der Waals surface area (Å²) >= 11 is 0. The number of sulfonamides is 1. The smallest absolute Gasteiger partial charge is 0.238 e. The number of carbonyl (C=O) groups excluding carboxylic acids is 1. The standard InChI is InChI=1S/C20H22N2O4S/c1-20(2,3)14-4-9-18-17(11-14)13(12-26-18)10-19(23)22-15-5-7-16(8-6-15)27(21,24)25/h4-9,11-12H,10H2,1-3H3,(H,22,23)(H2,21,24,25). The van der Waals surface area contributed by atoms with E-state index in [4.69, 9.17) is 9.56 Å². The van der Waals surface area contributed by atoms with Crippen molar-refractivity contribution in [3.05, 3.63) is 59.9 Å². The molecule has 6 nitrogen and oxygen atoms in total. The first kappa shape index (κ1) is 19.1. The summed E-state index contributed by atoms with van der Waals surface area (Å²) in [7, 11) is -3.75. The first-order chi connectivity index (χ1) is 12.5. The molecule has 0 saturated heterocycles. The van der Waals surface area contributed by atoms with Crippen molar-refractivity contribution >= 4 is 32.6 Å². The van der Waals surface area contributed by atoms with Gasteiger partial charge in [-0.15, -0.1) is 0 Å². The van der Waals surface area contributed by atoms with E-state index in [1.54, 1.807) is 6.26 Å². The molecule has 0 bridgehead atoms. The van der Waals surface area contributed by atoms with Gasteiger partial charge in [-0.2, -0.15) is 0 Å². The summed E-state index contributed by atoms with van der Waals surface area (Å²) in [5, 5.41) is 8.74. The maximum Gasteiger partial charge on any atom is 0.238 e. The van der Waals surface area contributed by atoms with Crippen molar-refractivity contribution in [1.82, 2.24) is 0 Å². The van der Waals surface area contributed by atoms with Crippen LogP contribution in [0, 0.1) is 0 Å². The van der Waals surface area contributed by atoms with Crippen LogP contribution < -0.4 is 10.5 Å². The number of carbonyl (C=O) groups is 1. The van der Waals surface area contributed by atoms with Crippen LogP contribution in [-0.4, -0.2) is 14.3 Å². The number of amides is 1. The Hall–Kier alpha value is -2.64. The Labute approximate surface area is 158 Å². The molecule has 3 aromatic rings. The second-order valence-electron chi connectivity index (χ2n) is 7.52. The molecule has 0 aliphatic heterocycles. The van der Waals surface area contributed by atoms with Crippen LogP contribution in [0.2, 0.25) is 0 Å². The van der Waals surface area contributed by atoms with Crippen LogP contribution in [0.15, 0.2) is 58.0 Å².